The first kappa shape index (κ1) is 49.9. The summed E-state index contributed by atoms with van der Waals surface area (Å²) >= 11 is 3.10. The molecule has 366 valence electrons. The Balaban J connectivity index is 1.25. The van der Waals surface area contributed by atoms with Gasteiger partial charge in [0.1, 0.15) is 35.9 Å². The summed E-state index contributed by atoms with van der Waals surface area (Å²) in [6.07, 6.45) is 3.48. The van der Waals surface area contributed by atoms with Crippen LogP contribution in [0.4, 0.5) is 0 Å². The fraction of sp³-hybridized carbons (Fsp3) is 0.435. The summed E-state index contributed by atoms with van der Waals surface area (Å²) in [4.78, 5) is 116. The number of benzene rings is 1. The van der Waals surface area contributed by atoms with Crippen molar-refractivity contribution in [1.29, 1.82) is 0 Å². The number of thiophene rings is 2. The average molecular weight is 984 g/mol. The van der Waals surface area contributed by atoms with E-state index in [1.54, 1.807) is 42.3 Å². The minimum absolute atomic E-state index is 0.0166. The molecule has 8 amide bonds. The molecule has 0 unspecified atom stereocenters. The number of nitrogens with one attached hydrogen (secondary N) is 6. The Kier molecular flexibility index (Phi) is 16.2. The number of aromatic amines is 1. The molecule has 23 heteroatoms. The highest BCUT2D eigenvalue weighted by molar-refractivity contribution is 7.16. The zero-order chi connectivity index (χ0) is 49.4. The van der Waals surface area contributed by atoms with Crippen molar-refractivity contribution in [1.82, 2.24) is 51.5 Å². The highest BCUT2D eigenvalue weighted by Gasteiger charge is 2.45. The number of amides is 8. The number of fused-ring (bicyclic) bond motifs is 2. The number of H-pyrrole nitrogens is 1. The minimum atomic E-state index is -1.58. The van der Waals surface area contributed by atoms with Gasteiger partial charge in [-0.05, 0) is 54.3 Å². The smallest absolute Gasteiger partial charge is 0.246 e. The van der Waals surface area contributed by atoms with E-state index in [9.17, 15) is 33.6 Å². The molecular formula is C46H57N13O8S2. The Morgan fingerprint density at radius 1 is 0.899 bits per heavy atom. The number of nitrogens with two attached hydrogens (primary N) is 3. The van der Waals surface area contributed by atoms with Crippen molar-refractivity contribution in [2.75, 3.05) is 13.1 Å². The average Bonchev–Trinajstić information content (AvgIpc) is 4.19. The summed E-state index contributed by atoms with van der Waals surface area (Å²) in [6.45, 7) is 3.58. The largest absolute Gasteiger partial charge is 0.370 e. The Bertz CT molecular complexity index is 2680. The molecule has 12 N–H and O–H groups in total. The summed E-state index contributed by atoms with van der Waals surface area (Å²) in [5.74, 6) is -6.80. The number of hydrogen-bond donors (Lipinski definition) is 9. The van der Waals surface area contributed by atoms with E-state index in [1.165, 1.54) is 16.2 Å². The highest BCUT2D eigenvalue weighted by atomic mass is 32.1. The molecule has 2 aliphatic heterocycles. The molecular weight excluding hydrogens is 927 g/mol. The van der Waals surface area contributed by atoms with E-state index in [2.05, 4.69) is 41.9 Å². The second kappa shape index (κ2) is 22.4. The van der Waals surface area contributed by atoms with Crippen LogP contribution in [0.2, 0.25) is 0 Å². The molecule has 1 aromatic carbocycles. The van der Waals surface area contributed by atoms with E-state index in [0.717, 1.165) is 26.2 Å². The zero-order valence-electron chi connectivity index (χ0n) is 38.1. The predicted octanol–water partition coefficient (Wildman–Crippen LogP) is 0.965. The molecule has 5 aromatic rings. The summed E-state index contributed by atoms with van der Waals surface area (Å²) in [7, 11) is 0. The monoisotopic (exact) mass is 983 g/mol. The molecule has 2 saturated heterocycles. The lowest BCUT2D eigenvalue weighted by Gasteiger charge is -2.33. The Morgan fingerprint density at radius 3 is 2.41 bits per heavy atom. The second-order valence-corrected chi connectivity index (χ2v) is 19.4. The molecule has 6 heterocycles. The Morgan fingerprint density at radius 2 is 1.67 bits per heavy atom. The lowest BCUT2D eigenvalue weighted by Crippen LogP contribution is -2.60. The van der Waals surface area contributed by atoms with Gasteiger partial charge in [0.15, 0.2) is 0 Å². The van der Waals surface area contributed by atoms with Crippen LogP contribution in [0.5, 0.6) is 0 Å². The zero-order valence-corrected chi connectivity index (χ0v) is 39.8. The first-order valence-corrected chi connectivity index (χ1v) is 24.6. The Labute approximate surface area is 405 Å². The third-order valence-corrected chi connectivity index (χ3v) is 14.5. The van der Waals surface area contributed by atoms with Gasteiger partial charge in [-0.3, -0.25) is 38.4 Å². The molecule has 2 aliphatic rings. The molecule has 0 spiro atoms. The molecule has 7 rings (SSSR count). The van der Waals surface area contributed by atoms with Crippen LogP contribution < -0.4 is 43.8 Å². The predicted molar refractivity (Wildman–Crippen MR) is 257 cm³/mol. The maximum absolute atomic E-state index is 15.1. The summed E-state index contributed by atoms with van der Waals surface area (Å²) in [5.41, 5.74) is 20.5. The highest BCUT2D eigenvalue weighted by Crippen LogP contribution is 2.35. The standard InChI is InChI=1S/C46H57N13O8S2/c1-3-24(2)40-46(67)58-21-27(59-22-34(56-57-59)37-16-26(23-69-37)36-12-8-14-68-36)17-35(58)45(66)54-32(15-25-20-51-30-10-5-4-9-28(25)30)43(64)52-31(41(49)62)11-6-7-13-50-39(61)18-29(47)42(63)53-33(19-38(48)60)44(65)55-40/h4-5,8-10,12,14,16,20,22-24,27,29,31-33,35,40,51H,3,6-7,11,13,15,17-19,21,47H2,1-2H3,(H2,48,60)(H2,49,62)(H,50,61)(H,52,64)(H,53,63)(H,54,66)(H,55,65)/t24-,27-,29-,31-,32-,33-,35-,40-/m0/s1. The van der Waals surface area contributed by atoms with Crippen molar-refractivity contribution in [2.45, 2.75) is 108 Å². The van der Waals surface area contributed by atoms with Crippen molar-refractivity contribution >= 4 is 80.8 Å². The first-order chi connectivity index (χ1) is 33.1. The topological polar surface area (TPSA) is 325 Å². The molecule has 4 aromatic heterocycles. The van der Waals surface area contributed by atoms with E-state index in [-0.39, 0.29) is 32.4 Å². The summed E-state index contributed by atoms with van der Waals surface area (Å²) in [6, 6.07) is 4.84. The van der Waals surface area contributed by atoms with Crippen molar-refractivity contribution in [3.05, 3.63) is 71.2 Å². The van der Waals surface area contributed by atoms with Gasteiger partial charge in [0.25, 0.3) is 0 Å². The fourth-order valence-electron chi connectivity index (χ4n) is 8.53. The molecule has 69 heavy (non-hydrogen) atoms. The van der Waals surface area contributed by atoms with Gasteiger partial charge in [-0.15, -0.1) is 27.8 Å². The molecule has 0 radical (unpaired) electrons. The van der Waals surface area contributed by atoms with Crippen LogP contribution in [0.15, 0.2) is 65.6 Å². The third-order valence-electron chi connectivity index (χ3n) is 12.6. The number of hydrogen-bond acceptors (Lipinski definition) is 13. The van der Waals surface area contributed by atoms with Gasteiger partial charge in [0, 0.05) is 58.9 Å². The van der Waals surface area contributed by atoms with Crippen molar-refractivity contribution < 1.29 is 38.4 Å². The normalized spacial score (nSPS) is 24.4. The summed E-state index contributed by atoms with van der Waals surface area (Å²) in [5, 5.41) is 27.1. The fourth-order valence-corrected chi connectivity index (χ4v) is 10.2. The van der Waals surface area contributed by atoms with Gasteiger partial charge in [-0.2, -0.15) is 0 Å². The maximum Gasteiger partial charge on any atom is 0.246 e. The van der Waals surface area contributed by atoms with Crippen LogP contribution in [-0.4, -0.2) is 121 Å². The van der Waals surface area contributed by atoms with E-state index in [0.29, 0.717) is 30.5 Å². The van der Waals surface area contributed by atoms with Crippen LogP contribution in [0, 0.1) is 5.92 Å². The van der Waals surface area contributed by atoms with Crippen LogP contribution >= 0.6 is 22.7 Å². The van der Waals surface area contributed by atoms with Gasteiger partial charge in [0.2, 0.25) is 47.3 Å². The Hall–Kier alpha value is -6.98. The summed E-state index contributed by atoms with van der Waals surface area (Å²) < 4.78 is 1.59. The van der Waals surface area contributed by atoms with Gasteiger partial charge in [-0.25, -0.2) is 4.68 Å². The van der Waals surface area contributed by atoms with E-state index in [4.69, 9.17) is 17.2 Å². The number of carbonyl (C=O) groups excluding carboxylic acids is 8. The van der Waals surface area contributed by atoms with Gasteiger partial charge >= 0.3 is 0 Å². The molecule has 0 saturated carbocycles. The van der Waals surface area contributed by atoms with Crippen LogP contribution in [0.1, 0.15) is 70.4 Å². The SMILES string of the molecule is CC[C@H](C)[C@@H]1NC(=O)[C@H](CC(N)=O)NC(=O)[C@@H](N)CC(=O)NCCCC[C@@H](C(N)=O)NC(=O)[C@H](Cc2c[nH]c3ccccc23)NC(=O)[C@@H]2C[C@H](n3cc(-c4cc(-c5cccs5)cs4)nn3)CN2C1=O. The van der Waals surface area contributed by atoms with Crippen LogP contribution in [0.25, 0.3) is 31.9 Å². The molecule has 8 atom stereocenters. The quantitative estimate of drug-likeness (QED) is 0.0950. The van der Waals surface area contributed by atoms with E-state index < -0.39 is 108 Å². The van der Waals surface area contributed by atoms with Gasteiger partial charge in [-0.1, -0.05) is 49.7 Å². The van der Waals surface area contributed by atoms with Gasteiger partial charge in [0.05, 0.1) is 36.0 Å². The number of carbonyl (C=O) groups is 8. The van der Waals surface area contributed by atoms with Crippen LogP contribution in [-0.2, 0) is 44.8 Å². The van der Waals surface area contributed by atoms with Crippen molar-refractivity contribution in [2.24, 2.45) is 23.1 Å². The lowest BCUT2D eigenvalue weighted by atomic mass is 9.96. The van der Waals surface area contributed by atoms with Crippen LogP contribution in [0.3, 0.4) is 0 Å². The third kappa shape index (κ3) is 12.2. The van der Waals surface area contributed by atoms with Crippen molar-refractivity contribution in [3.8, 4) is 21.0 Å². The van der Waals surface area contributed by atoms with E-state index in [1.807, 2.05) is 53.2 Å². The number of aromatic nitrogens is 4. The van der Waals surface area contributed by atoms with E-state index >= 15 is 4.79 Å². The molecule has 0 bridgehead atoms. The van der Waals surface area contributed by atoms with Crippen molar-refractivity contribution in [3.63, 3.8) is 0 Å². The maximum atomic E-state index is 15.1. The second-order valence-electron chi connectivity index (χ2n) is 17.5. The number of primary amides is 2. The lowest BCUT2D eigenvalue weighted by molar-refractivity contribution is -0.143. The minimum Gasteiger partial charge on any atom is -0.370 e. The molecule has 21 nitrogen and oxygen atoms in total. The number of nitrogens with zero attached hydrogens (tertiary/aromatic N) is 4. The molecule has 2 fully saturated rings. The van der Waals surface area contributed by atoms with Gasteiger partial charge < -0.3 is 53.7 Å². The first-order valence-electron chi connectivity index (χ1n) is 22.8. The number of rotatable bonds is 10. The number of para-hydroxylation sites is 1. The molecule has 0 aliphatic carbocycles.